The van der Waals surface area contributed by atoms with Crippen LogP contribution in [0.3, 0.4) is 0 Å². The van der Waals surface area contributed by atoms with Crippen molar-refractivity contribution in [1.82, 2.24) is 0 Å². The topological polar surface area (TPSA) is 0 Å². The van der Waals surface area contributed by atoms with Gasteiger partial charge in [0.1, 0.15) is 5.38 Å². The van der Waals surface area contributed by atoms with E-state index in [4.69, 9.17) is 151 Å². The van der Waals surface area contributed by atoms with Gasteiger partial charge in [0, 0.05) is 0 Å². The smallest absolute Gasteiger partial charge is 0.115 e. The number of rotatable bonds is 3. The second kappa shape index (κ2) is 6.95. The number of alkyl halides is 13. The van der Waals surface area contributed by atoms with Crippen LogP contribution in [0.4, 0.5) is 0 Å². The van der Waals surface area contributed by atoms with Crippen molar-refractivity contribution in [2.75, 3.05) is 0 Å². The molecule has 19 heavy (non-hydrogen) atoms. The minimum absolute atomic E-state index is 1.65. The average molecular weight is 534 g/mol. The highest BCUT2D eigenvalue weighted by Crippen LogP contribution is 2.65. The summed E-state index contributed by atoms with van der Waals surface area (Å²) >= 11 is 74.6. The van der Waals surface area contributed by atoms with E-state index in [1.807, 2.05) is 0 Å². The van der Waals surface area contributed by atoms with Crippen molar-refractivity contribution < 1.29 is 0 Å². The molecule has 1 unspecified atom stereocenters. The zero-order valence-corrected chi connectivity index (χ0v) is 17.8. The third-order valence-electron chi connectivity index (χ3n) is 1.77. The minimum Gasteiger partial charge on any atom is -0.115 e. The molecule has 0 saturated carbocycles. The lowest BCUT2D eigenvalue weighted by Crippen LogP contribution is -2.61. The van der Waals surface area contributed by atoms with Gasteiger partial charge in [0.2, 0.25) is 7.59 Å². The van der Waals surface area contributed by atoms with Crippen molar-refractivity contribution in [1.29, 1.82) is 0 Å². The zero-order chi connectivity index (χ0) is 16.1. The Kier molecular flexibility index (Phi) is 8.32. The second-order valence-corrected chi connectivity index (χ2v) is 12.3. The van der Waals surface area contributed by atoms with Crippen LogP contribution in [0, 0.1) is 0 Å². The first-order valence-corrected chi connectivity index (χ1v) is 8.79. The van der Waals surface area contributed by atoms with Crippen molar-refractivity contribution in [3.8, 4) is 0 Å². The highest BCUT2D eigenvalue weighted by atomic mass is 35.6. The lowest BCUT2D eigenvalue weighted by Gasteiger charge is -2.46. The van der Waals surface area contributed by atoms with Gasteiger partial charge in [0.05, 0.1) is 0 Å². The predicted molar refractivity (Wildman–Crippen MR) is 93.5 cm³/mol. The fourth-order valence-corrected chi connectivity index (χ4v) is 4.17. The van der Waals surface area contributed by atoms with Gasteiger partial charge in [-0.25, -0.2) is 0 Å². The molecule has 0 saturated heterocycles. The molecule has 0 aliphatic heterocycles. The van der Waals surface area contributed by atoms with E-state index >= 15 is 0 Å². The van der Waals surface area contributed by atoms with Gasteiger partial charge in [-0.2, -0.15) is 0 Å². The van der Waals surface area contributed by atoms with E-state index in [1.165, 1.54) is 0 Å². The molecule has 0 aliphatic carbocycles. The van der Waals surface area contributed by atoms with Crippen LogP contribution < -0.4 is 0 Å². The first-order valence-electron chi connectivity index (χ1n) is 3.81. The summed E-state index contributed by atoms with van der Waals surface area (Å²) in [6, 6.07) is 0. The van der Waals surface area contributed by atoms with Crippen molar-refractivity contribution in [2.24, 2.45) is 0 Å². The Morgan fingerprint density at radius 3 is 1.05 bits per heavy atom. The summed E-state index contributed by atoms with van der Waals surface area (Å²) in [5, 5.41) is -1.65. The molecule has 0 rings (SSSR count). The van der Waals surface area contributed by atoms with E-state index in [2.05, 4.69) is 0 Å². The third kappa shape index (κ3) is 4.65. The normalized spacial score (nSPS) is 17.5. The van der Waals surface area contributed by atoms with Crippen molar-refractivity contribution in [3.05, 3.63) is 0 Å². The molecular formula is C6HCl13. The Balaban J connectivity index is 5.78. The Morgan fingerprint density at radius 1 is 0.526 bits per heavy atom. The predicted octanol–water partition coefficient (Wildman–Crippen LogP) is 7.86. The third-order valence-corrected chi connectivity index (χ3v) is 9.15. The average Bonchev–Trinajstić information content (AvgIpc) is 2.12. The molecule has 0 spiro atoms. The molecule has 0 N–H and O–H groups in total. The van der Waals surface area contributed by atoms with Crippen molar-refractivity contribution in [2.45, 2.75) is 26.0 Å². The largest absolute Gasteiger partial charge is 0.226 e. The van der Waals surface area contributed by atoms with Crippen LogP contribution >= 0.6 is 151 Å². The Labute approximate surface area is 175 Å². The van der Waals surface area contributed by atoms with E-state index in [1.54, 1.807) is 0 Å². The van der Waals surface area contributed by atoms with E-state index < -0.39 is 26.0 Å². The van der Waals surface area contributed by atoms with Crippen LogP contribution in [-0.2, 0) is 0 Å². The van der Waals surface area contributed by atoms with Gasteiger partial charge in [0.25, 0.3) is 0 Å². The van der Waals surface area contributed by atoms with Gasteiger partial charge < -0.3 is 0 Å². The van der Waals surface area contributed by atoms with Gasteiger partial charge in [-0.15, -0.1) is 11.6 Å². The van der Waals surface area contributed by atoms with Crippen LogP contribution in [0.1, 0.15) is 0 Å². The molecule has 0 aliphatic rings. The summed E-state index contributed by atoms with van der Waals surface area (Å²) in [7, 11) is 0. The molecule has 0 nitrogen and oxygen atoms in total. The maximum absolute atomic E-state index is 5.93. The summed E-state index contributed by atoms with van der Waals surface area (Å²) < 4.78 is -11.9. The summed E-state index contributed by atoms with van der Waals surface area (Å²) in [5.74, 6) is 0. The Morgan fingerprint density at radius 2 is 0.842 bits per heavy atom. The second-order valence-electron chi connectivity index (χ2n) is 3.17. The summed E-state index contributed by atoms with van der Waals surface area (Å²) in [6.07, 6.45) is 0. The molecule has 0 radical (unpaired) electrons. The van der Waals surface area contributed by atoms with E-state index in [0.717, 1.165) is 0 Å². The Bertz CT molecular complexity index is 319. The lowest BCUT2D eigenvalue weighted by molar-refractivity contribution is 0.559. The number of hydrogen-bond donors (Lipinski definition) is 0. The van der Waals surface area contributed by atoms with Gasteiger partial charge in [0.15, 0.2) is 13.0 Å². The molecule has 0 aromatic rings. The molecule has 0 aromatic carbocycles. The fourth-order valence-electron chi connectivity index (χ4n) is 0.752. The van der Waals surface area contributed by atoms with Crippen LogP contribution in [0.5, 0.6) is 0 Å². The van der Waals surface area contributed by atoms with Gasteiger partial charge >= 0.3 is 0 Å². The highest BCUT2D eigenvalue weighted by molar-refractivity contribution is 6.81. The molecule has 0 heterocycles. The van der Waals surface area contributed by atoms with Gasteiger partial charge in [-0.05, 0) is 0 Å². The Hall–Kier alpha value is 3.77. The molecule has 0 fully saturated rings. The molecule has 0 bridgehead atoms. The summed E-state index contributed by atoms with van der Waals surface area (Å²) in [6.45, 7) is 0. The quantitative estimate of drug-likeness (QED) is 0.324. The highest BCUT2D eigenvalue weighted by Gasteiger charge is 2.71. The standard InChI is InChI=1S/C6HCl13/c7-1(3(10,11)12)2(8,9)4(13,14)5(15,16)6(17,18)19/h1H. The van der Waals surface area contributed by atoms with Crippen LogP contribution in [0.15, 0.2) is 0 Å². The van der Waals surface area contributed by atoms with Gasteiger partial charge in [-0.1, -0.05) is 139 Å². The first-order chi connectivity index (χ1) is 7.90. The van der Waals surface area contributed by atoms with Crippen LogP contribution in [0.2, 0.25) is 0 Å². The van der Waals surface area contributed by atoms with Crippen molar-refractivity contribution in [3.63, 3.8) is 0 Å². The maximum atomic E-state index is 5.93. The number of hydrogen-bond acceptors (Lipinski definition) is 0. The number of halogens is 13. The summed E-state index contributed by atoms with van der Waals surface area (Å²) in [5.41, 5.74) is 0. The fraction of sp³-hybridized carbons (Fsp3) is 1.00. The molecule has 116 valence electrons. The lowest BCUT2D eigenvalue weighted by atomic mass is 10.1. The minimum atomic E-state index is -2.52. The molecule has 0 aromatic heterocycles. The summed E-state index contributed by atoms with van der Waals surface area (Å²) in [4.78, 5) is 0. The van der Waals surface area contributed by atoms with Gasteiger partial charge in [-0.3, -0.25) is 0 Å². The monoisotopic (exact) mass is 528 g/mol. The molecule has 1 atom stereocenters. The van der Waals surface area contributed by atoms with E-state index in [9.17, 15) is 0 Å². The molecular weight excluding hydrogens is 533 g/mol. The maximum Gasteiger partial charge on any atom is 0.226 e. The van der Waals surface area contributed by atoms with Crippen molar-refractivity contribution >= 4 is 151 Å². The molecule has 0 amide bonds. The molecule has 13 heteroatoms. The van der Waals surface area contributed by atoms with E-state index in [0.29, 0.717) is 0 Å². The van der Waals surface area contributed by atoms with E-state index in [-0.39, 0.29) is 0 Å². The first kappa shape index (κ1) is 22.8. The van der Waals surface area contributed by atoms with Crippen LogP contribution in [0.25, 0.3) is 0 Å². The van der Waals surface area contributed by atoms with Crippen LogP contribution in [-0.4, -0.2) is 26.0 Å². The SMILES string of the molecule is ClC(C(Cl)(Cl)Cl)C(Cl)(Cl)C(Cl)(Cl)C(Cl)(Cl)C(Cl)(Cl)Cl. The zero-order valence-electron chi connectivity index (χ0n) is 7.99.